The lowest BCUT2D eigenvalue weighted by molar-refractivity contribution is -0.121. The molecule has 1 aliphatic rings. The first-order chi connectivity index (χ1) is 16.5. The monoisotopic (exact) mass is 466 g/mol. The third-order valence-corrected chi connectivity index (χ3v) is 7.70. The van der Waals surface area contributed by atoms with Gasteiger partial charge in [0, 0.05) is 30.6 Å². The number of hydrogen-bond acceptors (Lipinski definition) is 3. The van der Waals surface area contributed by atoms with Crippen LogP contribution in [0.4, 0.5) is 5.69 Å². The summed E-state index contributed by atoms with van der Waals surface area (Å²) in [6.07, 6.45) is 0.752. The van der Waals surface area contributed by atoms with E-state index in [0.29, 0.717) is 12.5 Å². The third kappa shape index (κ3) is 4.26. The van der Waals surface area contributed by atoms with Crippen LogP contribution in [0.15, 0.2) is 84.2 Å². The highest BCUT2D eigenvalue weighted by Gasteiger charge is 2.33. The Morgan fingerprint density at radius 3 is 2.50 bits per heavy atom. The minimum Gasteiger partial charge on any atom is -0.357 e. The van der Waals surface area contributed by atoms with Crippen molar-refractivity contribution in [1.29, 1.82) is 0 Å². The second-order valence-corrected chi connectivity index (χ2v) is 10.1. The number of nitrogens with one attached hydrogen (secondary N) is 1. The van der Waals surface area contributed by atoms with Crippen LogP contribution in [0, 0.1) is 0 Å². The molecule has 1 aliphatic heterocycles. The van der Waals surface area contributed by atoms with Crippen molar-refractivity contribution in [3.05, 3.63) is 101 Å². The summed E-state index contributed by atoms with van der Waals surface area (Å²) in [4.78, 5) is 16.2. The van der Waals surface area contributed by atoms with Crippen molar-refractivity contribution in [2.45, 2.75) is 38.8 Å². The molecule has 0 unspecified atom stereocenters. The van der Waals surface area contributed by atoms with E-state index in [4.69, 9.17) is 0 Å². The summed E-state index contributed by atoms with van der Waals surface area (Å²) in [5, 5.41) is 5.03. The summed E-state index contributed by atoms with van der Waals surface area (Å²) in [6.45, 7) is 5.21. The molecule has 5 rings (SSSR count). The SMILES string of the molecule is CNC(=O)[C@@H]1Cc2ccccc2N1Cc1ccc(-c2cccc(-c3sccc3C(C)C)c2)cc1. The summed E-state index contributed by atoms with van der Waals surface area (Å²) in [5.41, 5.74) is 8.71. The number of thiophene rings is 1. The topological polar surface area (TPSA) is 32.3 Å². The number of fused-ring (bicyclic) bond motifs is 1. The van der Waals surface area contributed by atoms with Gasteiger partial charge >= 0.3 is 0 Å². The van der Waals surface area contributed by atoms with Gasteiger partial charge in [-0.1, -0.05) is 74.5 Å². The first-order valence-corrected chi connectivity index (χ1v) is 12.8. The zero-order chi connectivity index (χ0) is 23.7. The molecule has 0 aliphatic carbocycles. The van der Waals surface area contributed by atoms with Gasteiger partial charge in [-0.2, -0.15) is 0 Å². The normalized spacial score (nSPS) is 14.9. The van der Waals surface area contributed by atoms with E-state index < -0.39 is 0 Å². The molecule has 0 saturated carbocycles. The Morgan fingerprint density at radius 1 is 0.971 bits per heavy atom. The average molecular weight is 467 g/mol. The van der Waals surface area contributed by atoms with Crippen molar-refractivity contribution in [3.8, 4) is 21.6 Å². The van der Waals surface area contributed by atoms with Gasteiger partial charge in [0.25, 0.3) is 0 Å². The summed E-state index contributed by atoms with van der Waals surface area (Å²) in [6, 6.07) is 28.0. The lowest BCUT2D eigenvalue weighted by Crippen LogP contribution is -2.43. The van der Waals surface area contributed by atoms with Gasteiger partial charge in [-0.3, -0.25) is 4.79 Å². The number of anilines is 1. The van der Waals surface area contributed by atoms with Crippen LogP contribution in [0.3, 0.4) is 0 Å². The van der Waals surface area contributed by atoms with Gasteiger partial charge in [0.05, 0.1) is 0 Å². The summed E-state index contributed by atoms with van der Waals surface area (Å²) >= 11 is 1.82. The largest absolute Gasteiger partial charge is 0.357 e. The van der Waals surface area contributed by atoms with E-state index in [9.17, 15) is 4.79 Å². The molecule has 1 amide bonds. The van der Waals surface area contributed by atoms with Crippen molar-refractivity contribution in [1.82, 2.24) is 5.32 Å². The number of para-hydroxylation sites is 1. The van der Waals surface area contributed by atoms with Crippen LogP contribution in [0.2, 0.25) is 0 Å². The van der Waals surface area contributed by atoms with Gasteiger partial charge in [-0.15, -0.1) is 11.3 Å². The Bertz CT molecular complexity index is 1310. The molecule has 0 saturated heterocycles. The number of carbonyl (C=O) groups is 1. The highest BCUT2D eigenvalue weighted by atomic mass is 32.1. The highest BCUT2D eigenvalue weighted by molar-refractivity contribution is 7.13. The van der Waals surface area contributed by atoms with Crippen LogP contribution in [0.25, 0.3) is 21.6 Å². The van der Waals surface area contributed by atoms with E-state index >= 15 is 0 Å². The molecule has 2 heterocycles. The van der Waals surface area contributed by atoms with Gasteiger partial charge < -0.3 is 10.2 Å². The molecular formula is C30H30N2OS. The quantitative estimate of drug-likeness (QED) is 0.336. The standard InChI is InChI=1S/C30H30N2OS/c1-20(2)26-15-16-34-29(26)25-9-6-8-23(17-25)22-13-11-21(12-14-22)19-32-27-10-5-4-7-24(27)18-28(32)30(33)31-3/h4-17,20,28H,18-19H2,1-3H3,(H,31,33)/t28-/m0/s1. The van der Waals surface area contributed by atoms with E-state index in [-0.39, 0.29) is 11.9 Å². The van der Waals surface area contributed by atoms with Gasteiger partial charge in [-0.05, 0) is 62.9 Å². The van der Waals surface area contributed by atoms with Crippen molar-refractivity contribution in [2.24, 2.45) is 0 Å². The number of benzene rings is 3. The fourth-order valence-corrected chi connectivity index (χ4v) is 5.95. The zero-order valence-corrected chi connectivity index (χ0v) is 20.7. The molecule has 3 aromatic carbocycles. The van der Waals surface area contributed by atoms with E-state index in [0.717, 1.165) is 12.1 Å². The molecule has 4 aromatic rings. The summed E-state index contributed by atoms with van der Waals surface area (Å²) in [7, 11) is 1.72. The molecule has 4 heteroatoms. The second-order valence-electron chi connectivity index (χ2n) is 9.23. The van der Waals surface area contributed by atoms with Gasteiger partial charge in [0.1, 0.15) is 6.04 Å². The van der Waals surface area contributed by atoms with E-state index in [2.05, 4.69) is 96.2 Å². The number of rotatable bonds is 6. The number of carbonyl (C=O) groups excluding carboxylic acids is 1. The Labute approximate surface area is 206 Å². The molecular weight excluding hydrogens is 436 g/mol. The van der Waals surface area contributed by atoms with Crippen LogP contribution >= 0.6 is 11.3 Å². The van der Waals surface area contributed by atoms with Crippen molar-refractivity contribution in [2.75, 3.05) is 11.9 Å². The highest BCUT2D eigenvalue weighted by Crippen LogP contribution is 2.37. The molecule has 0 fully saturated rings. The van der Waals surface area contributed by atoms with Crippen molar-refractivity contribution in [3.63, 3.8) is 0 Å². The smallest absolute Gasteiger partial charge is 0.242 e. The molecule has 1 aromatic heterocycles. The predicted molar refractivity (Wildman–Crippen MR) is 143 cm³/mol. The van der Waals surface area contributed by atoms with Crippen LogP contribution < -0.4 is 10.2 Å². The van der Waals surface area contributed by atoms with Gasteiger partial charge in [0.2, 0.25) is 5.91 Å². The van der Waals surface area contributed by atoms with Crippen LogP contribution in [-0.2, 0) is 17.8 Å². The average Bonchev–Trinajstić information content (AvgIpc) is 3.50. The Hall–Kier alpha value is -3.37. The van der Waals surface area contributed by atoms with E-state index in [1.165, 1.54) is 38.3 Å². The molecule has 34 heavy (non-hydrogen) atoms. The maximum Gasteiger partial charge on any atom is 0.242 e. The zero-order valence-electron chi connectivity index (χ0n) is 19.9. The lowest BCUT2D eigenvalue weighted by Gasteiger charge is -2.26. The minimum absolute atomic E-state index is 0.0685. The first kappa shape index (κ1) is 22.4. The van der Waals surface area contributed by atoms with Crippen LogP contribution in [0.5, 0.6) is 0 Å². The molecule has 1 atom stereocenters. The molecule has 0 radical (unpaired) electrons. The second kappa shape index (κ2) is 9.47. The Kier molecular flexibility index (Phi) is 6.25. The number of nitrogens with zero attached hydrogens (tertiary/aromatic N) is 1. The maximum atomic E-state index is 12.6. The third-order valence-electron chi connectivity index (χ3n) is 6.72. The summed E-state index contributed by atoms with van der Waals surface area (Å²) < 4.78 is 0. The van der Waals surface area contributed by atoms with Crippen LogP contribution in [-0.4, -0.2) is 19.0 Å². The Morgan fingerprint density at radius 2 is 1.74 bits per heavy atom. The van der Waals surface area contributed by atoms with E-state index in [1.54, 1.807) is 7.05 Å². The predicted octanol–water partition coefficient (Wildman–Crippen LogP) is 6.88. The molecule has 0 bridgehead atoms. The minimum atomic E-state index is -0.167. The number of amides is 1. The molecule has 3 nitrogen and oxygen atoms in total. The molecule has 172 valence electrons. The molecule has 1 N–H and O–H groups in total. The van der Waals surface area contributed by atoms with Gasteiger partial charge in [-0.25, -0.2) is 0 Å². The maximum absolute atomic E-state index is 12.6. The lowest BCUT2D eigenvalue weighted by atomic mass is 9.97. The van der Waals surface area contributed by atoms with Crippen molar-refractivity contribution < 1.29 is 4.79 Å². The summed E-state index contributed by atoms with van der Waals surface area (Å²) in [5.74, 6) is 0.581. The van der Waals surface area contributed by atoms with Crippen LogP contribution in [0.1, 0.15) is 36.5 Å². The fraction of sp³-hybridized carbons (Fsp3) is 0.233. The van der Waals surface area contributed by atoms with Gasteiger partial charge in [0.15, 0.2) is 0 Å². The fourth-order valence-electron chi connectivity index (χ4n) is 4.89. The first-order valence-electron chi connectivity index (χ1n) is 11.9. The number of hydrogen-bond donors (Lipinski definition) is 1. The number of likely N-dealkylation sites (N-methyl/N-ethyl adjacent to an activating group) is 1. The van der Waals surface area contributed by atoms with Crippen molar-refractivity contribution >= 4 is 22.9 Å². The Balaban J connectivity index is 1.39. The van der Waals surface area contributed by atoms with E-state index in [1.807, 2.05) is 23.5 Å². The molecule has 0 spiro atoms.